The molecular formula is C52H42N2. The molecule has 2 unspecified atom stereocenters. The van der Waals surface area contributed by atoms with Crippen LogP contribution in [0.4, 0.5) is 0 Å². The van der Waals surface area contributed by atoms with Crippen molar-refractivity contribution < 1.29 is 0 Å². The number of para-hydroxylation sites is 2. The van der Waals surface area contributed by atoms with Crippen LogP contribution in [0.5, 0.6) is 0 Å². The van der Waals surface area contributed by atoms with Crippen LogP contribution in [0.1, 0.15) is 38.5 Å². The Morgan fingerprint density at radius 2 is 1.24 bits per heavy atom. The second kappa shape index (κ2) is 12.8. The van der Waals surface area contributed by atoms with E-state index in [9.17, 15) is 0 Å². The molecule has 0 saturated heterocycles. The topological polar surface area (TPSA) is 9.86 Å². The Balaban J connectivity index is 1.16. The molecule has 2 aromatic heterocycles. The van der Waals surface area contributed by atoms with E-state index in [2.05, 4.69) is 179 Å². The second-order valence-electron chi connectivity index (χ2n) is 15.4. The van der Waals surface area contributed by atoms with Crippen LogP contribution in [0, 0.1) is 11.8 Å². The van der Waals surface area contributed by atoms with Gasteiger partial charge in [0.25, 0.3) is 0 Å². The molecule has 4 aliphatic rings. The predicted molar refractivity (Wildman–Crippen MR) is 229 cm³/mol. The lowest BCUT2D eigenvalue weighted by Crippen LogP contribution is -2.31. The van der Waals surface area contributed by atoms with Crippen molar-refractivity contribution in [1.29, 1.82) is 0 Å². The zero-order chi connectivity index (χ0) is 35.6. The first-order valence-electron chi connectivity index (χ1n) is 19.8. The van der Waals surface area contributed by atoms with Crippen molar-refractivity contribution in [2.45, 2.75) is 38.5 Å². The Hall–Kier alpha value is -6.12. The summed E-state index contributed by atoms with van der Waals surface area (Å²) in [4.78, 5) is 0. The number of fused-ring (bicyclic) bond motifs is 7. The van der Waals surface area contributed by atoms with Crippen LogP contribution in [0.15, 0.2) is 175 Å². The first kappa shape index (κ1) is 31.4. The summed E-state index contributed by atoms with van der Waals surface area (Å²) in [6.07, 6.45) is 30.2. The fraction of sp³-hybridized carbons (Fsp3) is 0.154. The third-order valence-electron chi connectivity index (χ3n) is 12.3. The van der Waals surface area contributed by atoms with Crippen LogP contribution in [0.3, 0.4) is 0 Å². The van der Waals surface area contributed by atoms with Crippen molar-refractivity contribution in [1.82, 2.24) is 9.13 Å². The maximum atomic E-state index is 2.60. The zero-order valence-electron chi connectivity index (χ0n) is 30.5. The number of rotatable bonds is 5. The lowest BCUT2D eigenvalue weighted by atomic mass is 9.78. The highest BCUT2D eigenvalue weighted by Crippen LogP contribution is 2.46. The number of nitrogens with zero attached hydrogens (tertiary/aromatic N) is 2. The molecule has 0 aliphatic heterocycles. The highest BCUT2D eigenvalue weighted by atomic mass is 15.0. The van der Waals surface area contributed by atoms with E-state index in [0.717, 1.165) is 38.5 Å². The smallest absolute Gasteiger partial charge is 0.0544 e. The van der Waals surface area contributed by atoms with Gasteiger partial charge in [-0.1, -0.05) is 140 Å². The molecule has 0 spiro atoms. The molecule has 54 heavy (non-hydrogen) atoms. The largest absolute Gasteiger partial charge is 0.313 e. The number of aromatic nitrogens is 2. The van der Waals surface area contributed by atoms with Crippen molar-refractivity contribution in [3.8, 4) is 11.1 Å². The van der Waals surface area contributed by atoms with Crippen LogP contribution < -0.4 is 10.4 Å². The summed E-state index contributed by atoms with van der Waals surface area (Å²) in [7, 11) is 0. The van der Waals surface area contributed by atoms with E-state index in [1.54, 1.807) is 0 Å². The van der Waals surface area contributed by atoms with Gasteiger partial charge in [-0.25, -0.2) is 0 Å². The number of hydrogen-bond donors (Lipinski definition) is 0. The molecule has 0 amide bonds. The van der Waals surface area contributed by atoms with E-state index in [1.807, 2.05) is 0 Å². The molecule has 2 nitrogen and oxygen atoms in total. The van der Waals surface area contributed by atoms with Crippen LogP contribution in [0.25, 0.3) is 72.2 Å². The van der Waals surface area contributed by atoms with Gasteiger partial charge in [-0.3, -0.25) is 0 Å². The summed E-state index contributed by atoms with van der Waals surface area (Å²) in [5, 5.41) is 7.94. The Morgan fingerprint density at radius 1 is 0.537 bits per heavy atom. The van der Waals surface area contributed by atoms with E-state index in [0.29, 0.717) is 11.8 Å². The normalized spacial score (nSPS) is 19.6. The van der Waals surface area contributed by atoms with E-state index in [4.69, 9.17) is 0 Å². The quantitative estimate of drug-likeness (QED) is 0.170. The summed E-state index contributed by atoms with van der Waals surface area (Å²) in [5.74, 6) is 0.920. The summed E-state index contributed by atoms with van der Waals surface area (Å²) in [5.41, 5.74) is 13.2. The van der Waals surface area contributed by atoms with E-state index >= 15 is 0 Å². The first-order valence-corrected chi connectivity index (χ1v) is 19.8. The molecule has 0 N–H and O–H groups in total. The van der Waals surface area contributed by atoms with E-state index < -0.39 is 0 Å². The monoisotopic (exact) mass is 694 g/mol. The number of hydrogen-bond acceptors (Lipinski definition) is 0. The molecule has 0 radical (unpaired) electrons. The van der Waals surface area contributed by atoms with Crippen molar-refractivity contribution in [3.63, 3.8) is 0 Å². The van der Waals surface area contributed by atoms with Crippen LogP contribution >= 0.6 is 0 Å². The molecule has 4 aliphatic carbocycles. The average Bonchev–Trinajstić information content (AvgIpc) is 3.77. The minimum atomic E-state index is 0.428. The molecule has 2 atom stereocenters. The fourth-order valence-corrected chi connectivity index (χ4v) is 9.93. The van der Waals surface area contributed by atoms with E-state index in [-0.39, 0.29) is 0 Å². The second-order valence-corrected chi connectivity index (χ2v) is 15.4. The van der Waals surface area contributed by atoms with Crippen molar-refractivity contribution >= 4 is 61.1 Å². The molecule has 260 valence electrons. The highest BCUT2D eigenvalue weighted by molar-refractivity contribution is 6.22. The zero-order valence-corrected chi connectivity index (χ0v) is 30.5. The molecule has 0 bridgehead atoms. The van der Waals surface area contributed by atoms with Gasteiger partial charge in [-0.2, -0.15) is 0 Å². The average molecular weight is 695 g/mol. The maximum absolute atomic E-state index is 2.60. The fourth-order valence-electron chi connectivity index (χ4n) is 9.93. The van der Waals surface area contributed by atoms with Gasteiger partial charge >= 0.3 is 0 Å². The molecule has 7 aromatic rings. The Morgan fingerprint density at radius 3 is 1.98 bits per heavy atom. The van der Waals surface area contributed by atoms with E-state index in [1.165, 1.54) is 87.7 Å². The minimum Gasteiger partial charge on any atom is -0.313 e. The molecule has 2 heteroatoms. The number of benzene rings is 5. The predicted octanol–water partition coefficient (Wildman–Crippen LogP) is 12.0. The number of allylic oxidation sites excluding steroid dienone is 12. The highest BCUT2D eigenvalue weighted by Gasteiger charge is 2.27. The SMILES string of the molecule is C1=CCC(C2C=C(C3=CCCC=C3)C=C(n3c4ccccc4c4c(-c5cccc6c5c5ccccc5n6C5=c6ccccc6=CCC5)cccc43)C2)C=C1. The summed E-state index contributed by atoms with van der Waals surface area (Å²) in [6, 6.07) is 41.0. The van der Waals surface area contributed by atoms with Crippen LogP contribution in [-0.4, -0.2) is 9.13 Å². The molecule has 0 fully saturated rings. The molecule has 0 saturated carbocycles. The first-order chi connectivity index (χ1) is 26.8. The Labute approximate surface area is 316 Å². The lowest BCUT2D eigenvalue weighted by molar-refractivity contribution is 0.476. The summed E-state index contributed by atoms with van der Waals surface area (Å²) < 4.78 is 5.16. The summed E-state index contributed by atoms with van der Waals surface area (Å²) >= 11 is 0. The van der Waals surface area contributed by atoms with Crippen LogP contribution in [0.2, 0.25) is 0 Å². The maximum Gasteiger partial charge on any atom is 0.0544 e. The standard InChI is InChI=1S/C52H42N2/c1-3-16-35(17-4-1)38-32-39(36-18-5-2-6-19-36)34-40(33-38)53-47-27-11-9-23-44(47)51-42(25-14-30-49(51)53)43-26-15-31-50-52(43)45-24-10-12-28-48(45)54(50)46-29-13-21-37-20-7-8-22-41(37)46/h1,3-5,7-12,14-16,18-28,30-32,34-35,38H,2,6,13,17,29,33H2. The van der Waals surface area contributed by atoms with Crippen molar-refractivity contribution in [2.75, 3.05) is 0 Å². The van der Waals surface area contributed by atoms with Gasteiger partial charge in [0.1, 0.15) is 0 Å². The van der Waals surface area contributed by atoms with Crippen molar-refractivity contribution in [3.05, 3.63) is 185 Å². The van der Waals surface area contributed by atoms with Gasteiger partial charge in [0.05, 0.1) is 22.1 Å². The molecule has 5 aromatic carbocycles. The van der Waals surface area contributed by atoms with Gasteiger partial charge in [0, 0.05) is 38.2 Å². The van der Waals surface area contributed by atoms with Gasteiger partial charge in [-0.15, -0.1) is 0 Å². The van der Waals surface area contributed by atoms with Gasteiger partial charge < -0.3 is 9.13 Å². The lowest BCUT2D eigenvalue weighted by Gasteiger charge is -2.29. The molecule has 11 rings (SSSR count). The van der Waals surface area contributed by atoms with Crippen molar-refractivity contribution in [2.24, 2.45) is 11.8 Å². The van der Waals surface area contributed by atoms with Gasteiger partial charge in [0.2, 0.25) is 0 Å². The third kappa shape index (κ3) is 4.93. The molecular weight excluding hydrogens is 653 g/mol. The summed E-state index contributed by atoms with van der Waals surface area (Å²) in [6.45, 7) is 0. The van der Waals surface area contributed by atoms with Gasteiger partial charge in [0.15, 0.2) is 0 Å². The Bertz CT molecular complexity index is 3000. The Kier molecular flexibility index (Phi) is 7.43. The third-order valence-corrected chi connectivity index (χ3v) is 12.3. The molecule has 2 heterocycles. The van der Waals surface area contributed by atoms with Gasteiger partial charge in [-0.05, 0) is 108 Å². The van der Waals surface area contributed by atoms with Crippen LogP contribution in [-0.2, 0) is 0 Å². The minimum absolute atomic E-state index is 0.428.